The third-order valence-corrected chi connectivity index (χ3v) is 18.1. The Morgan fingerprint density at radius 3 is 1.25 bits per heavy atom. The zero-order chi connectivity index (χ0) is 52.5. The number of nitrogens with zero attached hydrogens (tertiary/aromatic N) is 2. The monoisotopic (exact) mass is 1010 g/mol. The minimum Gasteiger partial charge on any atom is -0.310 e. The predicted octanol–water partition coefficient (Wildman–Crippen LogP) is 19.3. The molecule has 3 aliphatic rings. The molecule has 13 aromatic rings. The van der Waals surface area contributed by atoms with Crippen LogP contribution < -0.4 is 4.90 Å². The molecule has 0 bridgehead atoms. The lowest BCUT2D eigenvalue weighted by Gasteiger charge is -2.34. The summed E-state index contributed by atoms with van der Waals surface area (Å²) in [6.07, 6.45) is 0. The maximum Gasteiger partial charge on any atom is 0.0734 e. The first-order valence-corrected chi connectivity index (χ1v) is 27.8. The molecule has 0 radical (unpaired) electrons. The summed E-state index contributed by atoms with van der Waals surface area (Å²) < 4.78 is 2.53. The van der Waals surface area contributed by atoms with Crippen molar-refractivity contribution in [2.45, 2.75) is 30.1 Å². The van der Waals surface area contributed by atoms with E-state index in [1.807, 2.05) is 0 Å². The van der Waals surface area contributed by atoms with Gasteiger partial charge in [0.1, 0.15) is 0 Å². The van der Waals surface area contributed by atoms with Gasteiger partial charge in [-0.1, -0.05) is 250 Å². The lowest BCUT2D eigenvalue weighted by molar-refractivity contribution is 0.660. The number of rotatable bonds is 8. The first-order valence-electron chi connectivity index (χ1n) is 27.8. The van der Waals surface area contributed by atoms with Crippen LogP contribution in [0.4, 0.5) is 17.1 Å². The fourth-order valence-electron chi connectivity index (χ4n) is 14.9. The molecule has 16 rings (SSSR count). The van der Waals surface area contributed by atoms with E-state index in [0.29, 0.717) is 0 Å². The van der Waals surface area contributed by atoms with Gasteiger partial charge < -0.3 is 9.47 Å². The van der Waals surface area contributed by atoms with Crippen LogP contribution in [0.3, 0.4) is 0 Å². The van der Waals surface area contributed by atoms with Crippen molar-refractivity contribution >= 4 is 38.9 Å². The highest BCUT2D eigenvalue weighted by Gasteiger charge is 2.48. The number of para-hydroxylation sites is 2. The molecular weight excluding hydrogens is 953 g/mol. The Morgan fingerprint density at radius 2 is 0.684 bits per heavy atom. The van der Waals surface area contributed by atoms with E-state index in [1.54, 1.807) is 0 Å². The zero-order valence-corrected chi connectivity index (χ0v) is 44.1. The van der Waals surface area contributed by atoms with Gasteiger partial charge in [-0.05, 0) is 144 Å². The normalized spacial score (nSPS) is 14.5. The van der Waals surface area contributed by atoms with Crippen molar-refractivity contribution in [1.82, 2.24) is 4.57 Å². The van der Waals surface area contributed by atoms with Gasteiger partial charge >= 0.3 is 0 Å². The second-order valence-electron chi connectivity index (χ2n) is 22.3. The van der Waals surface area contributed by atoms with Crippen molar-refractivity contribution < 1.29 is 0 Å². The molecule has 0 spiro atoms. The van der Waals surface area contributed by atoms with Crippen LogP contribution >= 0.6 is 0 Å². The highest BCUT2D eigenvalue weighted by Crippen LogP contribution is 2.60. The van der Waals surface area contributed by atoms with Gasteiger partial charge in [-0.15, -0.1) is 0 Å². The number of benzene rings is 12. The minimum absolute atomic E-state index is 0.182. The molecule has 1 heterocycles. The van der Waals surface area contributed by atoms with Crippen LogP contribution in [0.5, 0.6) is 0 Å². The maximum atomic E-state index is 2.53. The Labute approximate surface area is 461 Å². The SMILES string of the molecule is CC1(C)c2ccccc2-c2ccc(N(c3ccc(C4(c5ccccc5)c5ccccc5-c5ccccc54)cc3)c3ccc4c(c3)c3cccc(C5(c6ccccc6)c6ccccc6-c6ccccc65)c3n4-c3ccccc3)cc21. The molecule has 3 aliphatic carbocycles. The number of aromatic nitrogens is 1. The summed E-state index contributed by atoms with van der Waals surface area (Å²) in [5.74, 6) is 0. The standard InChI is InChI=1S/C77H54N2/c1-75(2)66-35-17-12-29-58(66)63-47-45-57(50-72(63)75)78(55-43-41-53(42-44-55)76(51-23-6-3-7-24-51)67-36-18-13-30-59(67)60-31-14-19-37-68(60)76)56-46-48-73-65(49-56)64-34-22-40-71(74(64)79(73)54-27-10-5-11-28-54)77(52-25-8-4-9-26-52)69-38-20-15-32-61(69)62-33-16-21-39-70(62)77/h3-50H,1-2H3. The first kappa shape index (κ1) is 45.4. The Hall–Kier alpha value is -9.76. The summed E-state index contributed by atoms with van der Waals surface area (Å²) in [4.78, 5) is 2.50. The average Bonchev–Trinajstić information content (AvgIpc) is 3.04. The minimum atomic E-state index is -0.599. The van der Waals surface area contributed by atoms with Crippen LogP contribution in [-0.4, -0.2) is 4.57 Å². The van der Waals surface area contributed by atoms with E-state index < -0.39 is 10.8 Å². The van der Waals surface area contributed by atoms with E-state index in [-0.39, 0.29) is 5.41 Å². The van der Waals surface area contributed by atoms with E-state index in [4.69, 9.17) is 0 Å². The van der Waals surface area contributed by atoms with E-state index in [0.717, 1.165) is 28.3 Å². The van der Waals surface area contributed by atoms with Crippen molar-refractivity contribution in [1.29, 1.82) is 0 Å². The van der Waals surface area contributed by atoms with E-state index in [1.165, 1.54) is 105 Å². The Morgan fingerprint density at radius 1 is 0.278 bits per heavy atom. The third kappa shape index (κ3) is 6.23. The predicted molar refractivity (Wildman–Crippen MR) is 328 cm³/mol. The average molecular weight is 1010 g/mol. The molecule has 2 nitrogen and oxygen atoms in total. The Bertz CT molecular complexity index is 4470. The van der Waals surface area contributed by atoms with Gasteiger partial charge in [-0.25, -0.2) is 0 Å². The lowest BCUT2D eigenvalue weighted by atomic mass is 9.67. The highest BCUT2D eigenvalue weighted by molar-refractivity contribution is 6.13. The van der Waals surface area contributed by atoms with Crippen LogP contribution in [-0.2, 0) is 16.2 Å². The van der Waals surface area contributed by atoms with Gasteiger partial charge in [0.15, 0.2) is 0 Å². The molecule has 0 saturated carbocycles. The Kier molecular flexibility index (Phi) is 9.85. The number of fused-ring (bicyclic) bond motifs is 12. The van der Waals surface area contributed by atoms with Crippen molar-refractivity contribution in [2.24, 2.45) is 0 Å². The van der Waals surface area contributed by atoms with Crippen LogP contribution in [0.2, 0.25) is 0 Å². The summed E-state index contributed by atoms with van der Waals surface area (Å²) in [7, 11) is 0. The van der Waals surface area contributed by atoms with Gasteiger partial charge in [0, 0.05) is 38.9 Å². The molecule has 79 heavy (non-hydrogen) atoms. The second-order valence-corrected chi connectivity index (χ2v) is 22.3. The van der Waals surface area contributed by atoms with Crippen LogP contribution in [0.15, 0.2) is 291 Å². The van der Waals surface area contributed by atoms with Crippen molar-refractivity contribution in [3.8, 4) is 39.1 Å². The van der Waals surface area contributed by atoms with Crippen LogP contribution in [0.25, 0.3) is 60.9 Å². The molecule has 0 unspecified atom stereocenters. The summed E-state index contributed by atoms with van der Waals surface area (Å²) >= 11 is 0. The number of anilines is 3. The fourth-order valence-corrected chi connectivity index (χ4v) is 14.9. The zero-order valence-electron chi connectivity index (χ0n) is 44.1. The van der Waals surface area contributed by atoms with Crippen molar-refractivity contribution in [3.63, 3.8) is 0 Å². The van der Waals surface area contributed by atoms with Gasteiger partial charge in [0.05, 0.1) is 21.9 Å². The fraction of sp³-hybridized carbons (Fsp3) is 0.0649. The van der Waals surface area contributed by atoms with Crippen LogP contribution in [0.1, 0.15) is 69.5 Å². The van der Waals surface area contributed by atoms with Crippen LogP contribution in [0, 0.1) is 0 Å². The lowest BCUT2D eigenvalue weighted by Crippen LogP contribution is -2.29. The van der Waals surface area contributed by atoms with Gasteiger partial charge in [0.2, 0.25) is 0 Å². The molecule has 372 valence electrons. The van der Waals surface area contributed by atoms with E-state index >= 15 is 0 Å². The summed E-state index contributed by atoms with van der Waals surface area (Å²) in [5, 5.41) is 2.40. The van der Waals surface area contributed by atoms with Crippen molar-refractivity contribution in [3.05, 3.63) is 347 Å². The number of hydrogen-bond donors (Lipinski definition) is 0. The smallest absolute Gasteiger partial charge is 0.0734 e. The van der Waals surface area contributed by atoms with Gasteiger partial charge in [0.25, 0.3) is 0 Å². The maximum absolute atomic E-state index is 2.53. The molecule has 12 aromatic carbocycles. The molecule has 1 aromatic heterocycles. The summed E-state index contributed by atoms with van der Waals surface area (Å²) in [5.41, 5.74) is 26.2. The van der Waals surface area contributed by atoms with E-state index in [9.17, 15) is 0 Å². The third-order valence-electron chi connectivity index (χ3n) is 18.1. The highest BCUT2D eigenvalue weighted by atomic mass is 15.1. The molecule has 0 N–H and O–H groups in total. The molecule has 2 heteroatoms. The van der Waals surface area contributed by atoms with E-state index in [2.05, 4.69) is 315 Å². The van der Waals surface area contributed by atoms with Crippen molar-refractivity contribution in [2.75, 3.05) is 4.90 Å². The molecule has 0 atom stereocenters. The molecule has 0 fully saturated rings. The largest absolute Gasteiger partial charge is 0.310 e. The molecule has 0 aliphatic heterocycles. The summed E-state index contributed by atoms with van der Waals surface area (Å²) in [6, 6.07) is 109. The molecule has 0 amide bonds. The van der Waals surface area contributed by atoms with Gasteiger partial charge in [-0.3, -0.25) is 0 Å². The topological polar surface area (TPSA) is 8.17 Å². The van der Waals surface area contributed by atoms with Gasteiger partial charge in [-0.2, -0.15) is 0 Å². The summed E-state index contributed by atoms with van der Waals surface area (Å²) in [6.45, 7) is 4.76. The second kappa shape index (κ2) is 17.1. The number of hydrogen-bond acceptors (Lipinski definition) is 1. The first-order chi connectivity index (χ1) is 39.0. The molecular formula is C77H54N2. The Balaban J connectivity index is 0.951. The molecule has 0 saturated heterocycles. The quantitative estimate of drug-likeness (QED) is 0.147.